The standard InChI is InChI=1S/C10H17N5O3/c1-7(4-3-5-8(16)17)13-10(18)14-9-11-6-12-15(9)2/h6-7H,3-5H2,1-2H3,(H,16,17)(H2,11,12,13,14,18). The Labute approximate surface area is 104 Å². The molecule has 3 N–H and O–H groups in total. The maximum Gasteiger partial charge on any atom is 0.321 e. The highest BCUT2D eigenvalue weighted by atomic mass is 16.4. The molecule has 2 amide bonds. The third-order valence-electron chi connectivity index (χ3n) is 2.34. The smallest absolute Gasteiger partial charge is 0.321 e. The van der Waals surface area contributed by atoms with Crippen molar-refractivity contribution in [1.29, 1.82) is 0 Å². The van der Waals surface area contributed by atoms with Crippen molar-refractivity contribution in [3.63, 3.8) is 0 Å². The Morgan fingerprint density at radius 2 is 2.28 bits per heavy atom. The number of urea groups is 1. The number of hydrogen-bond acceptors (Lipinski definition) is 4. The van der Waals surface area contributed by atoms with Crippen molar-refractivity contribution in [3.05, 3.63) is 6.33 Å². The molecule has 1 unspecified atom stereocenters. The third kappa shape index (κ3) is 4.81. The largest absolute Gasteiger partial charge is 0.481 e. The molecule has 0 spiro atoms. The van der Waals surface area contributed by atoms with Crippen LogP contribution in [0, 0.1) is 0 Å². The Morgan fingerprint density at radius 3 is 2.83 bits per heavy atom. The van der Waals surface area contributed by atoms with Gasteiger partial charge in [0.15, 0.2) is 0 Å². The average molecular weight is 255 g/mol. The van der Waals surface area contributed by atoms with Crippen molar-refractivity contribution >= 4 is 17.9 Å². The van der Waals surface area contributed by atoms with Gasteiger partial charge in [-0.2, -0.15) is 10.1 Å². The summed E-state index contributed by atoms with van der Waals surface area (Å²) < 4.78 is 1.44. The fourth-order valence-corrected chi connectivity index (χ4v) is 1.40. The van der Waals surface area contributed by atoms with Gasteiger partial charge >= 0.3 is 12.0 Å². The molecule has 0 saturated carbocycles. The fraction of sp³-hybridized carbons (Fsp3) is 0.600. The zero-order valence-electron chi connectivity index (χ0n) is 10.4. The lowest BCUT2D eigenvalue weighted by molar-refractivity contribution is -0.137. The molecular formula is C10H17N5O3. The van der Waals surface area contributed by atoms with E-state index in [0.717, 1.165) is 0 Å². The average Bonchev–Trinajstić information content (AvgIpc) is 2.63. The highest BCUT2D eigenvalue weighted by Gasteiger charge is 2.10. The van der Waals surface area contributed by atoms with Gasteiger partial charge in [0.2, 0.25) is 5.95 Å². The number of hydrogen-bond donors (Lipinski definition) is 3. The van der Waals surface area contributed by atoms with Crippen LogP contribution in [0.2, 0.25) is 0 Å². The minimum absolute atomic E-state index is 0.0995. The number of nitrogens with zero attached hydrogens (tertiary/aromatic N) is 3. The van der Waals surface area contributed by atoms with E-state index < -0.39 is 5.97 Å². The first-order valence-electron chi connectivity index (χ1n) is 5.62. The molecule has 0 aliphatic rings. The first-order valence-corrected chi connectivity index (χ1v) is 5.62. The van der Waals surface area contributed by atoms with Crippen LogP contribution in [0.1, 0.15) is 26.2 Å². The molecule has 1 aromatic rings. The maximum absolute atomic E-state index is 11.6. The topological polar surface area (TPSA) is 109 Å². The fourth-order valence-electron chi connectivity index (χ4n) is 1.40. The van der Waals surface area contributed by atoms with Crippen molar-refractivity contribution in [3.8, 4) is 0 Å². The number of carbonyl (C=O) groups excluding carboxylic acids is 1. The third-order valence-corrected chi connectivity index (χ3v) is 2.34. The van der Waals surface area contributed by atoms with Gasteiger partial charge in [0.05, 0.1) is 0 Å². The van der Waals surface area contributed by atoms with Gasteiger partial charge in [-0.25, -0.2) is 9.48 Å². The van der Waals surface area contributed by atoms with Crippen molar-refractivity contribution in [2.75, 3.05) is 5.32 Å². The number of carboxylic acids is 1. The quantitative estimate of drug-likeness (QED) is 0.688. The maximum atomic E-state index is 11.6. The zero-order valence-corrected chi connectivity index (χ0v) is 10.4. The Bertz CT molecular complexity index is 417. The van der Waals surface area contributed by atoms with E-state index in [1.807, 2.05) is 6.92 Å². The molecule has 0 aliphatic carbocycles. The van der Waals surface area contributed by atoms with Gasteiger partial charge in [0.25, 0.3) is 0 Å². The van der Waals surface area contributed by atoms with Crippen LogP contribution in [0.5, 0.6) is 0 Å². The Morgan fingerprint density at radius 1 is 1.56 bits per heavy atom. The minimum Gasteiger partial charge on any atom is -0.481 e. The summed E-state index contributed by atoms with van der Waals surface area (Å²) in [7, 11) is 1.67. The summed E-state index contributed by atoms with van der Waals surface area (Å²) in [6.07, 6.45) is 2.59. The van der Waals surface area contributed by atoms with Crippen LogP contribution in [0.15, 0.2) is 6.33 Å². The molecule has 0 saturated heterocycles. The second-order valence-electron chi connectivity index (χ2n) is 3.99. The number of rotatable bonds is 6. The van der Waals surface area contributed by atoms with Crippen molar-refractivity contribution in [2.45, 2.75) is 32.2 Å². The number of aromatic nitrogens is 3. The lowest BCUT2D eigenvalue weighted by Crippen LogP contribution is -2.36. The van der Waals surface area contributed by atoms with E-state index in [-0.39, 0.29) is 18.5 Å². The molecule has 100 valence electrons. The number of nitrogens with one attached hydrogen (secondary N) is 2. The van der Waals surface area contributed by atoms with Gasteiger partial charge in [0.1, 0.15) is 6.33 Å². The van der Waals surface area contributed by atoms with Gasteiger partial charge in [-0.1, -0.05) is 0 Å². The molecule has 0 aromatic carbocycles. The van der Waals surface area contributed by atoms with E-state index in [1.54, 1.807) is 7.05 Å². The number of carbonyl (C=O) groups is 2. The number of aryl methyl sites for hydroxylation is 1. The summed E-state index contributed by atoms with van der Waals surface area (Å²) in [5.74, 6) is -0.476. The summed E-state index contributed by atoms with van der Waals surface area (Å²) >= 11 is 0. The Hall–Kier alpha value is -2.12. The summed E-state index contributed by atoms with van der Waals surface area (Å²) in [5, 5.41) is 17.5. The first-order chi connectivity index (χ1) is 8.49. The zero-order chi connectivity index (χ0) is 13.5. The molecular weight excluding hydrogens is 238 g/mol. The summed E-state index contributed by atoms with van der Waals surface area (Å²) in [6.45, 7) is 1.82. The molecule has 0 fully saturated rings. The Kier molecular flexibility index (Phi) is 5.09. The van der Waals surface area contributed by atoms with Gasteiger partial charge in [-0.05, 0) is 19.8 Å². The highest BCUT2D eigenvalue weighted by molar-refractivity contribution is 5.87. The van der Waals surface area contributed by atoms with Gasteiger partial charge in [-0.3, -0.25) is 10.1 Å². The molecule has 0 radical (unpaired) electrons. The lowest BCUT2D eigenvalue weighted by atomic mass is 10.1. The number of aliphatic carboxylic acids is 1. The molecule has 1 atom stereocenters. The predicted molar refractivity (Wildman–Crippen MR) is 64.1 cm³/mol. The van der Waals surface area contributed by atoms with Crippen LogP contribution in [-0.2, 0) is 11.8 Å². The second-order valence-corrected chi connectivity index (χ2v) is 3.99. The molecule has 1 aromatic heterocycles. The van der Waals surface area contributed by atoms with Crippen LogP contribution in [0.25, 0.3) is 0 Å². The highest BCUT2D eigenvalue weighted by Crippen LogP contribution is 2.02. The van der Waals surface area contributed by atoms with Crippen LogP contribution in [0.3, 0.4) is 0 Å². The van der Waals surface area contributed by atoms with E-state index in [0.29, 0.717) is 18.8 Å². The van der Waals surface area contributed by atoms with Gasteiger partial charge < -0.3 is 10.4 Å². The second kappa shape index (κ2) is 6.58. The summed E-state index contributed by atoms with van der Waals surface area (Å²) in [4.78, 5) is 25.7. The van der Waals surface area contributed by atoms with E-state index in [2.05, 4.69) is 20.7 Å². The monoisotopic (exact) mass is 255 g/mol. The molecule has 8 nitrogen and oxygen atoms in total. The molecule has 8 heteroatoms. The molecule has 0 aliphatic heterocycles. The van der Waals surface area contributed by atoms with E-state index in [4.69, 9.17) is 5.11 Å². The first kappa shape index (κ1) is 13.9. The Balaban J connectivity index is 2.27. The van der Waals surface area contributed by atoms with E-state index >= 15 is 0 Å². The van der Waals surface area contributed by atoms with Gasteiger partial charge in [0, 0.05) is 19.5 Å². The van der Waals surface area contributed by atoms with Crippen LogP contribution < -0.4 is 10.6 Å². The van der Waals surface area contributed by atoms with Crippen molar-refractivity contribution in [2.24, 2.45) is 7.05 Å². The molecule has 18 heavy (non-hydrogen) atoms. The summed E-state index contributed by atoms with van der Waals surface area (Å²) in [6, 6.07) is -0.480. The van der Waals surface area contributed by atoms with Gasteiger partial charge in [-0.15, -0.1) is 0 Å². The number of carboxylic acid groups (broad SMARTS) is 1. The summed E-state index contributed by atoms with van der Waals surface area (Å²) in [5.41, 5.74) is 0. The van der Waals surface area contributed by atoms with Crippen molar-refractivity contribution in [1.82, 2.24) is 20.1 Å². The SMILES string of the molecule is CC(CCCC(=O)O)NC(=O)Nc1ncnn1C. The van der Waals surface area contributed by atoms with E-state index in [1.165, 1.54) is 11.0 Å². The lowest BCUT2D eigenvalue weighted by Gasteiger charge is -2.13. The normalized spacial score (nSPS) is 11.9. The van der Waals surface area contributed by atoms with E-state index in [9.17, 15) is 9.59 Å². The van der Waals surface area contributed by atoms with Crippen LogP contribution in [-0.4, -0.2) is 37.9 Å². The minimum atomic E-state index is -0.828. The number of amides is 2. The molecule has 1 heterocycles. The van der Waals surface area contributed by atoms with Crippen LogP contribution >= 0.6 is 0 Å². The van der Waals surface area contributed by atoms with Crippen molar-refractivity contribution < 1.29 is 14.7 Å². The molecule has 1 rings (SSSR count). The number of anilines is 1. The molecule has 0 bridgehead atoms. The van der Waals surface area contributed by atoms with Crippen LogP contribution in [0.4, 0.5) is 10.7 Å². The predicted octanol–water partition coefficient (Wildman–Crippen LogP) is 0.580.